The third-order valence-corrected chi connectivity index (χ3v) is 5.86. The Morgan fingerprint density at radius 2 is 1.75 bits per heavy atom. The van der Waals surface area contributed by atoms with E-state index in [1.807, 2.05) is 30.3 Å². The van der Waals surface area contributed by atoms with Crippen molar-refractivity contribution in [2.45, 2.75) is 13.1 Å². The number of nitrogens with zero attached hydrogens (tertiary/aromatic N) is 4. The molecule has 0 aliphatic rings. The van der Waals surface area contributed by atoms with Gasteiger partial charge in [-0.05, 0) is 35.4 Å². The highest BCUT2D eigenvalue weighted by Crippen LogP contribution is 2.18. The van der Waals surface area contributed by atoms with E-state index in [0.717, 1.165) is 11.1 Å². The number of nitrogens with one attached hydrogen (secondary N) is 1. The molecule has 2 amide bonds. The van der Waals surface area contributed by atoms with Gasteiger partial charge in [0.2, 0.25) is 5.91 Å². The summed E-state index contributed by atoms with van der Waals surface area (Å²) in [5.74, 6) is -0.729. The number of hydrogen-bond acceptors (Lipinski definition) is 5. The molecule has 0 saturated carbocycles. The van der Waals surface area contributed by atoms with Gasteiger partial charge in [0.25, 0.3) is 11.5 Å². The summed E-state index contributed by atoms with van der Waals surface area (Å²) in [7, 11) is 1.61. The van der Waals surface area contributed by atoms with Crippen molar-refractivity contribution >= 4 is 34.9 Å². The number of nitrogens with two attached hydrogens (primary N) is 1. The minimum atomic E-state index is -0.491. The van der Waals surface area contributed by atoms with E-state index in [1.165, 1.54) is 11.0 Å². The molecule has 9 nitrogen and oxygen atoms in total. The second-order valence-corrected chi connectivity index (χ2v) is 8.66. The molecule has 2 aromatic carbocycles. The third-order valence-electron chi connectivity index (χ3n) is 5.62. The quantitative estimate of drug-likeness (QED) is 0.383. The molecule has 3 N–H and O–H groups in total. The second-order valence-electron chi connectivity index (χ2n) is 8.22. The number of nitrogen functional groups attached to an aromatic ring is 1. The van der Waals surface area contributed by atoms with E-state index in [4.69, 9.17) is 17.3 Å². The summed E-state index contributed by atoms with van der Waals surface area (Å²) in [5, 5.41) is 7.33. The number of halogens is 1. The van der Waals surface area contributed by atoms with Crippen molar-refractivity contribution in [1.29, 1.82) is 0 Å². The van der Waals surface area contributed by atoms with E-state index in [0.29, 0.717) is 23.8 Å². The fourth-order valence-electron chi connectivity index (χ4n) is 3.62. The smallest absolute Gasteiger partial charge is 0.257 e. The summed E-state index contributed by atoms with van der Waals surface area (Å²) in [6.45, 7) is 0.669. The molecule has 0 unspecified atom stereocenters. The van der Waals surface area contributed by atoms with E-state index >= 15 is 0 Å². The molecule has 0 radical (unpaired) electrons. The van der Waals surface area contributed by atoms with Crippen molar-refractivity contribution in [2.75, 3.05) is 24.2 Å². The van der Waals surface area contributed by atoms with Crippen LogP contribution in [0.5, 0.6) is 0 Å². The van der Waals surface area contributed by atoms with Crippen LogP contribution in [0, 0.1) is 0 Å². The molecule has 4 rings (SSSR count). The van der Waals surface area contributed by atoms with Crippen LogP contribution in [0.15, 0.2) is 83.9 Å². The van der Waals surface area contributed by atoms with Crippen molar-refractivity contribution in [1.82, 2.24) is 19.7 Å². The Balaban J connectivity index is 1.35. The van der Waals surface area contributed by atoms with E-state index in [9.17, 15) is 14.4 Å². The fraction of sp³-hybridized carbons (Fsp3) is 0.154. The molecule has 0 aliphatic carbocycles. The van der Waals surface area contributed by atoms with Crippen molar-refractivity contribution in [3.8, 4) is 0 Å². The Morgan fingerprint density at radius 3 is 2.44 bits per heavy atom. The SMILES string of the molecule is CN(C(=O)CNC(=O)c1cn(Cc2ccc(Cn3ccccc3=O)cc2)nc1N)c1cccc(Cl)c1. The van der Waals surface area contributed by atoms with Gasteiger partial charge >= 0.3 is 0 Å². The zero-order valence-corrected chi connectivity index (χ0v) is 20.4. The Morgan fingerprint density at radius 1 is 1.03 bits per heavy atom. The molecule has 36 heavy (non-hydrogen) atoms. The number of aromatic nitrogens is 3. The largest absolute Gasteiger partial charge is 0.382 e. The van der Waals surface area contributed by atoms with Crippen molar-refractivity contribution < 1.29 is 9.59 Å². The maximum atomic E-state index is 12.6. The number of carbonyl (C=O) groups is 2. The summed E-state index contributed by atoms with van der Waals surface area (Å²) in [5.41, 5.74) is 8.65. The number of anilines is 2. The average Bonchev–Trinajstić information content (AvgIpc) is 3.24. The van der Waals surface area contributed by atoms with Gasteiger partial charge in [-0.1, -0.05) is 48.0 Å². The van der Waals surface area contributed by atoms with Gasteiger partial charge in [0.1, 0.15) is 5.56 Å². The van der Waals surface area contributed by atoms with E-state index in [1.54, 1.807) is 59.0 Å². The average molecular weight is 505 g/mol. The Bertz CT molecular complexity index is 1440. The first-order chi connectivity index (χ1) is 17.3. The Hall–Kier alpha value is -4.37. The second kappa shape index (κ2) is 10.9. The molecule has 0 aliphatic heterocycles. The molecule has 0 atom stereocenters. The van der Waals surface area contributed by atoms with Crippen molar-refractivity contribution in [2.24, 2.45) is 0 Å². The van der Waals surface area contributed by atoms with E-state index in [-0.39, 0.29) is 29.4 Å². The minimum absolute atomic E-state index is 0.0581. The molecule has 0 fully saturated rings. The van der Waals surface area contributed by atoms with Gasteiger partial charge in [0.15, 0.2) is 5.82 Å². The third kappa shape index (κ3) is 6.00. The van der Waals surface area contributed by atoms with Crippen molar-refractivity contribution in [3.63, 3.8) is 0 Å². The highest BCUT2D eigenvalue weighted by Gasteiger charge is 2.17. The summed E-state index contributed by atoms with van der Waals surface area (Å²) >= 11 is 5.98. The molecule has 2 aromatic heterocycles. The van der Waals surface area contributed by atoms with E-state index in [2.05, 4.69) is 10.4 Å². The first-order valence-electron chi connectivity index (χ1n) is 11.2. The van der Waals surface area contributed by atoms with Gasteiger partial charge in [0.05, 0.1) is 19.6 Å². The predicted octanol–water partition coefficient (Wildman–Crippen LogP) is 2.77. The van der Waals surface area contributed by atoms with Gasteiger partial charge in [0, 0.05) is 36.2 Å². The molecule has 0 spiro atoms. The first-order valence-corrected chi connectivity index (χ1v) is 11.5. The normalized spacial score (nSPS) is 10.7. The van der Waals surface area contributed by atoms with Crippen LogP contribution in [0.2, 0.25) is 5.02 Å². The number of pyridine rings is 1. The lowest BCUT2D eigenvalue weighted by Gasteiger charge is -2.17. The molecule has 2 heterocycles. The predicted molar refractivity (Wildman–Crippen MR) is 139 cm³/mol. The summed E-state index contributed by atoms with van der Waals surface area (Å²) in [6.07, 6.45) is 3.30. The van der Waals surface area contributed by atoms with Gasteiger partial charge in [-0.25, -0.2) is 0 Å². The number of amides is 2. The van der Waals surface area contributed by atoms with Crippen LogP contribution in [0.25, 0.3) is 0 Å². The summed E-state index contributed by atoms with van der Waals surface area (Å²) < 4.78 is 3.20. The molecule has 4 aromatic rings. The lowest BCUT2D eigenvalue weighted by Crippen LogP contribution is -2.38. The van der Waals surface area contributed by atoms with Crippen LogP contribution in [-0.4, -0.2) is 39.8 Å². The molecule has 0 bridgehead atoms. The highest BCUT2D eigenvalue weighted by atomic mass is 35.5. The molecular weight excluding hydrogens is 480 g/mol. The van der Waals surface area contributed by atoms with Crippen LogP contribution < -0.4 is 21.5 Å². The molecular formula is C26H25ClN6O3. The van der Waals surface area contributed by atoms with Crippen LogP contribution in [-0.2, 0) is 17.9 Å². The van der Waals surface area contributed by atoms with Crippen LogP contribution in [0.1, 0.15) is 21.5 Å². The van der Waals surface area contributed by atoms with Gasteiger partial charge in [-0.2, -0.15) is 5.10 Å². The van der Waals surface area contributed by atoms with Crippen LogP contribution in [0.3, 0.4) is 0 Å². The Labute approximate surface area is 212 Å². The highest BCUT2D eigenvalue weighted by molar-refractivity contribution is 6.30. The maximum Gasteiger partial charge on any atom is 0.257 e. The minimum Gasteiger partial charge on any atom is -0.382 e. The van der Waals surface area contributed by atoms with Crippen LogP contribution >= 0.6 is 11.6 Å². The first kappa shape index (κ1) is 24.7. The number of likely N-dealkylation sites (N-methyl/N-ethyl adjacent to an activating group) is 1. The topological polar surface area (TPSA) is 115 Å². The monoisotopic (exact) mass is 504 g/mol. The molecule has 0 saturated heterocycles. The van der Waals surface area contributed by atoms with Gasteiger partial charge < -0.3 is 20.5 Å². The Kier molecular flexibility index (Phi) is 7.50. The molecule has 10 heteroatoms. The zero-order chi connectivity index (χ0) is 25.7. The number of hydrogen-bond donors (Lipinski definition) is 2. The van der Waals surface area contributed by atoms with Gasteiger partial charge in [-0.15, -0.1) is 0 Å². The lowest BCUT2D eigenvalue weighted by molar-refractivity contribution is -0.117. The summed E-state index contributed by atoms with van der Waals surface area (Å²) in [4.78, 5) is 38.4. The zero-order valence-electron chi connectivity index (χ0n) is 19.6. The number of benzene rings is 2. The maximum absolute atomic E-state index is 12.6. The van der Waals surface area contributed by atoms with Crippen LogP contribution in [0.4, 0.5) is 11.5 Å². The standard InChI is InChI=1S/C26H25ClN6O3/c1-31(21-6-4-5-20(27)13-21)24(35)14-29-26(36)22-17-33(30-25(22)28)16-19-10-8-18(9-11-19)15-32-12-3-2-7-23(32)34/h2-13,17H,14-16H2,1H3,(H2,28,30)(H,29,36). The van der Waals surface area contributed by atoms with Crippen molar-refractivity contribution in [3.05, 3.63) is 111 Å². The lowest BCUT2D eigenvalue weighted by atomic mass is 10.1. The van der Waals surface area contributed by atoms with E-state index < -0.39 is 5.91 Å². The van der Waals surface area contributed by atoms with Gasteiger partial charge in [-0.3, -0.25) is 19.1 Å². The fourth-order valence-corrected chi connectivity index (χ4v) is 3.80. The summed E-state index contributed by atoms with van der Waals surface area (Å²) in [6, 6.07) is 19.7. The number of rotatable bonds is 8. The molecule has 184 valence electrons. The number of carbonyl (C=O) groups excluding carboxylic acids is 2.